The van der Waals surface area contributed by atoms with Gasteiger partial charge in [-0.05, 0) is 68.5 Å². The highest BCUT2D eigenvalue weighted by Crippen LogP contribution is 2.34. The lowest BCUT2D eigenvalue weighted by Crippen LogP contribution is -2.47. The van der Waals surface area contributed by atoms with Gasteiger partial charge in [0, 0.05) is 29.8 Å². The summed E-state index contributed by atoms with van der Waals surface area (Å²) in [5.74, 6) is -1.19. The average molecular weight is 604 g/mol. The second-order valence-electron chi connectivity index (χ2n) is 8.72. The topological polar surface area (TPSA) is 84.0 Å². The van der Waals surface area contributed by atoms with E-state index < -0.39 is 28.0 Å². The molecule has 0 aromatic heterocycles. The van der Waals surface area contributed by atoms with Gasteiger partial charge in [-0.15, -0.1) is 0 Å². The molecule has 0 radical (unpaired) electrons. The Hall–Kier alpha value is -1.65. The predicted molar refractivity (Wildman–Crippen MR) is 138 cm³/mol. The number of benzene rings is 2. The maximum absolute atomic E-state index is 13.1. The van der Waals surface area contributed by atoms with Gasteiger partial charge in [-0.3, -0.25) is 9.59 Å². The first kappa shape index (κ1) is 26.4. The highest BCUT2D eigenvalue weighted by Gasteiger charge is 2.38. The van der Waals surface area contributed by atoms with Crippen molar-refractivity contribution in [1.82, 2.24) is 4.31 Å². The number of sulfonamides is 1. The smallest absolute Gasteiger partial charge is 0.309 e. The largest absolute Gasteiger partial charge is 0.452 e. The van der Waals surface area contributed by atoms with Crippen LogP contribution in [0.3, 0.4) is 0 Å². The molecule has 1 amide bonds. The van der Waals surface area contributed by atoms with Gasteiger partial charge in [0.25, 0.3) is 5.91 Å². The number of esters is 1. The normalized spacial score (nSPS) is 20.2. The van der Waals surface area contributed by atoms with E-state index in [-0.39, 0.29) is 46.8 Å². The lowest BCUT2D eigenvalue weighted by Gasteiger charge is -2.34. The van der Waals surface area contributed by atoms with Crippen molar-refractivity contribution < 1.29 is 22.7 Å². The molecule has 0 N–H and O–H groups in total. The van der Waals surface area contributed by atoms with E-state index in [9.17, 15) is 18.0 Å². The molecule has 35 heavy (non-hydrogen) atoms. The van der Waals surface area contributed by atoms with Crippen LogP contribution in [0, 0.1) is 12.8 Å². The molecule has 7 nitrogen and oxygen atoms in total. The third kappa shape index (κ3) is 5.54. The summed E-state index contributed by atoms with van der Waals surface area (Å²) in [7, 11) is -3.90. The number of hydrogen-bond donors (Lipinski definition) is 0. The highest BCUT2D eigenvalue weighted by molar-refractivity contribution is 9.10. The van der Waals surface area contributed by atoms with Crippen molar-refractivity contribution in [2.45, 2.75) is 43.6 Å². The van der Waals surface area contributed by atoms with Crippen LogP contribution >= 0.6 is 39.1 Å². The van der Waals surface area contributed by atoms with Crippen LogP contribution in [-0.2, 0) is 24.3 Å². The molecule has 0 aliphatic carbocycles. The Labute approximate surface area is 223 Å². The van der Waals surface area contributed by atoms with Crippen molar-refractivity contribution in [3.05, 3.63) is 56.5 Å². The maximum Gasteiger partial charge on any atom is 0.309 e. The summed E-state index contributed by atoms with van der Waals surface area (Å²) in [6.45, 7) is 2.78. The number of amides is 1. The fourth-order valence-electron chi connectivity index (χ4n) is 4.43. The van der Waals surface area contributed by atoms with Crippen molar-refractivity contribution in [2.24, 2.45) is 5.92 Å². The number of ether oxygens (including phenoxy) is 1. The second kappa shape index (κ2) is 10.8. The Balaban J connectivity index is 1.38. The Morgan fingerprint density at radius 1 is 1.06 bits per heavy atom. The van der Waals surface area contributed by atoms with Crippen molar-refractivity contribution in [3.8, 4) is 0 Å². The van der Waals surface area contributed by atoms with Crippen LogP contribution in [0.15, 0.2) is 45.8 Å². The van der Waals surface area contributed by atoms with Gasteiger partial charge in [0.2, 0.25) is 10.0 Å². The van der Waals surface area contributed by atoms with Crippen molar-refractivity contribution in [1.29, 1.82) is 0 Å². The molecule has 2 aromatic carbocycles. The fraction of sp³-hybridized carbons (Fsp3) is 0.417. The van der Waals surface area contributed by atoms with E-state index in [2.05, 4.69) is 15.9 Å². The molecule has 0 bridgehead atoms. The number of anilines is 1. The van der Waals surface area contributed by atoms with E-state index in [4.69, 9.17) is 27.9 Å². The van der Waals surface area contributed by atoms with Gasteiger partial charge < -0.3 is 9.64 Å². The zero-order valence-electron chi connectivity index (χ0n) is 19.0. The van der Waals surface area contributed by atoms with E-state index in [0.29, 0.717) is 19.4 Å². The van der Waals surface area contributed by atoms with E-state index in [0.717, 1.165) is 15.7 Å². The average Bonchev–Trinajstić information content (AvgIpc) is 2.82. The zero-order valence-corrected chi connectivity index (χ0v) is 23.0. The number of carbonyl (C=O) groups is 2. The minimum atomic E-state index is -3.90. The maximum atomic E-state index is 13.1. The van der Waals surface area contributed by atoms with Gasteiger partial charge >= 0.3 is 5.97 Å². The minimum Gasteiger partial charge on any atom is -0.452 e. The fourth-order valence-corrected chi connectivity index (χ4v) is 7.24. The van der Waals surface area contributed by atoms with Crippen molar-refractivity contribution in [2.75, 3.05) is 24.5 Å². The molecular weight excluding hydrogens is 579 g/mol. The van der Waals surface area contributed by atoms with E-state index in [1.165, 1.54) is 16.4 Å². The van der Waals surface area contributed by atoms with Crippen LogP contribution < -0.4 is 4.90 Å². The second-order valence-corrected chi connectivity index (χ2v) is 12.3. The summed E-state index contributed by atoms with van der Waals surface area (Å²) in [6.07, 6.45) is 0.917. The van der Waals surface area contributed by atoms with Crippen LogP contribution in [0.4, 0.5) is 5.69 Å². The summed E-state index contributed by atoms with van der Waals surface area (Å²) in [4.78, 5) is 27.5. The number of piperidine rings is 2. The molecule has 0 spiro atoms. The molecule has 2 heterocycles. The monoisotopic (exact) mass is 602 g/mol. The van der Waals surface area contributed by atoms with Gasteiger partial charge in [0.1, 0.15) is 4.90 Å². The summed E-state index contributed by atoms with van der Waals surface area (Å²) < 4.78 is 34.0. The molecule has 11 heteroatoms. The van der Waals surface area contributed by atoms with Crippen molar-refractivity contribution >= 4 is 66.7 Å². The molecule has 2 saturated heterocycles. The van der Waals surface area contributed by atoms with Crippen LogP contribution in [0.2, 0.25) is 10.0 Å². The number of carbonyl (C=O) groups excluding carboxylic acids is 2. The summed E-state index contributed by atoms with van der Waals surface area (Å²) in [5, 5.41) is 0.112. The number of halogens is 3. The Bertz CT molecular complexity index is 1230. The molecule has 2 fully saturated rings. The molecule has 1 atom stereocenters. The first-order chi connectivity index (χ1) is 16.6. The number of hydrogen-bond acceptors (Lipinski definition) is 5. The zero-order chi connectivity index (χ0) is 25.3. The Morgan fingerprint density at radius 3 is 2.34 bits per heavy atom. The van der Waals surface area contributed by atoms with Crippen LogP contribution in [-0.4, -0.2) is 50.3 Å². The molecule has 2 aliphatic heterocycles. The minimum absolute atomic E-state index is 0.0559. The molecular formula is C24H25BrCl2N2O5S. The lowest BCUT2D eigenvalue weighted by molar-refractivity contribution is -0.161. The Kier molecular flexibility index (Phi) is 8.12. The number of rotatable bonds is 5. The summed E-state index contributed by atoms with van der Waals surface area (Å²) in [6, 6.07) is 10.2. The standard InChI is InChI=1S/C24H25BrCl2N2O5S/c1-15-14-17(7-8-18(15)25)29-11-3-6-21(23(29)30)34-24(31)16-9-12-28(13-10-16)35(32,33)22-19(26)4-2-5-20(22)27/h2,4-5,7-8,14,16,21H,3,6,9-13H2,1H3. The molecule has 0 saturated carbocycles. The van der Waals surface area contributed by atoms with Gasteiger partial charge in [-0.25, -0.2) is 8.42 Å². The first-order valence-corrected chi connectivity index (χ1v) is 14.3. The van der Waals surface area contributed by atoms with E-state index >= 15 is 0 Å². The SMILES string of the molecule is Cc1cc(N2CCCC(OC(=O)C3CCN(S(=O)(=O)c4c(Cl)cccc4Cl)CC3)C2=O)ccc1Br. The molecule has 188 valence electrons. The van der Waals surface area contributed by atoms with E-state index in [1.807, 2.05) is 25.1 Å². The summed E-state index contributed by atoms with van der Waals surface area (Å²) >= 11 is 15.7. The first-order valence-electron chi connectivity index (χ1n) is 11.3. The number of nitrogens with zero attached hydrogens (tertiary/aromatic N) is 2. The molecule has 2 aliphatic rings. The highest BCUT2D eigenvalue weighted by atomic mass is 79.9. The molecule has 1 unspecified atom stereocenters. The summed E-state index contributed by atoms with van der Waals surface area (Å²) in [5.41, 5.74) is 1.78. The quantitative estimate of drug-likeness (QED) is 0.438. The lowest BCUT2D eigenvalue weighted by atomic mass is 9.98. The van der Waals surface area contributed by atoms with Gasteiger partial charge in [0.15, 0.2) is 6.10 Å². The molecule has 4 rings (SSSR count). The Morgan fingerprint density at radius 2 is 1.71 bits per heavy atom. The van der Waals surface area contributed by atoms with Crippen molar-refractivity contribution in [3.63, 3.8) is 0 Å². The van der Waals surface area contributed by atoms with Crippen LogP contribution in [0.5, 0.6) is 0 Å². The predicted octanol–water partition coefficient (Wildman–Crippen LogP) is 5.20. The molecule has 2 aromatic rings. The van der Waals surface area contributed by atoms with Gasteiger partial charge in [-0.2, -0.15) is 4.31 Å². The van der Waals surface area contributed by atoms with Gasteiger partial charge in [0.05, 0.1) is 16.0 Å². The van der Waals surface area contributed by atoms with Crippen LogP contribution in [0.25, 0.3) is 0 Å². The van der Waals surface area contributed by atoms with E-state index in [1.54, 1.807) is 11.0 Å². The third-order valence-corrected chi connectivity index (χ3v) is 10.1. The van der Waals surface area contributed by atoms with Crippen LogP contribution in [0.1, 0.15) is 31.2 Å². The number of aryl methyl sites for hydroxylation is 1. The van der Waals surface area contributed by atoms with Gasteiger partial charge in [-0.1, -0.05) is 45.2 Å². The third-order valence-electron chi connectivity index (χ3n) is 6.41.